The highest BCUT2D eigenvalue weighted by Crippen LogP contribution is 2.44. The van der Waals surface area contributed by atoms with Gasteiger partial charge in [0, 0.05) is 33.7 Å². The number of hydrogen-bond donors (Lipinski definition) is 2. The molecule has 184 valence electrons. The fraction of sp³-hybridized carbons (Fsp3) is 0.333. The molecule has 5 aromatic rings. The van der Waals surface area contributed by atoms with Crippen LogP contribution in [0.5, 0.6) is 5.75 Å². The quantitative estimate of drug-likeness (QED) is 0.306. The lowest BCUT2D eigenvalue weighted by Gasteiger charge is -2.42. The SMILES string of the molecule is CC.CN(C)CC1(COc2c3[nH]c4ccc(F)cc4c3c(F)c3[nH]c4ccc(F)cc4c23)COC1. The Balaban J connectivity index is 0.00000124. The number of H-pyrrole nitrogens is 2. The van der Waals surface area contributed by atoms with Crippen molar-refractivity contribution in [2.24, 2.45) is 5.41 Å². The van der Waals surface area contributed by atoms with E-state index in [1.54, 1.807) is 12.1 Å². The summed E-state index contributed by atoms with van der Waals surface area (Å²) in [6.45, 7) is 6.21. The Morgan fingerprint density at radius 1 is 0.886 bits per heavy atom. The van der Waals surface area contributed by atoms with E-state index >= 15 is 4.39 Å². The molecule has 2 aromatic heterocycles. The number of aromatic amines is 2. The van der Waals surface area contributed by atoms with Gasteiger partial charge in [-0.1, -0.05) is 13.8 Å². The molecule has 6 rings (SSSR count). The van der Waals surface area contributed by atoms with Crippen LogP contribution in [0.3, 0.4) is 0 Å². The van der Waals surface area contributed by atoms with Crippen molar-refractivity contribution >= 4 is 43.6 Å². The first kappa shape index (κ1) is 23.5. The highest BCUT2D eigenvalue weighted by molar-refractivity contribution is 6.21. The van der Waals surface area contributed by atoms with Crippen LogP contribution >= 0.6 is 0 Å². The Morgan fingerprint density at radius 2 is 1.46 bits per heavy atom. The van der Waals surface area contributed by atoms with Crippen LogP contribution in [0, 0.1) is 22.9 Å². The minimum absolute atomic E-state index is 0.202. The second-order valence-electron chi connectivity index (χ2n) is 9.29. The summed E-state index contributed by atoms with van der Waals surface area (Å²) in [5.74, 6) is -0.999. The van der Waals surface area contributed by atoms with Gasteiger partial charge in [-0.05, 0) is 50.5 Å². The molecule has 1 saturated heterocycles. The molecule has 1 aliphatic rings. The van der Waals surface area contributed by atoms with Gasteiger partial charge >= 0.3 is 0 Å². The minimum Gasteiger partial charge on any atom is -0.490 e. The summed E-state index contributed by atoms with van der Waals surface area (Å²) in [7, 11) is 3.98. The molecule has 3 heterocycles. The summed E-state index contributed by atoms with van der Waals surface area (Å²) in [6.07, 6.45) is 0. The van der Waals surface area contributed by atoms with Crippen LogP contribution in [0.25, 0.3) is 43.6 Å². The van der Waals surface area contributed by atoms with E-state index in [9.17, 15) is 8.78 Å². The molecule has 0 spiro atoms. The van der Waals surface area contributed by atoms with Gasteiger partial charge in [0.1, 0.15) is 11.6 Å². The van der Waals surface area contributed by atoms with E-state index in [0.29, 0.717) is 58.3 Å². The standard InChI is InChI=1S/C25H22F3N3O2.C2H6/c1-31(2)9-25(10-32-11-25)12-33-24-20-16-8-14(27)4-6-18(16)29-22(20)21(28)19-15-7-13(26)3-5-17(15)30-23(19)24;1-2/h3-8,29-30H,9-12H2,1-2H3;1-2H3. The van der Waals surface area contributed by atoms with E-state index < -0.39 is 17.5 Å². The van der Waals surface area contributed by atoms with E-state index in [4.69, 9.17) is 9.47 Å². The van der Waals surface area contributed by atoms with Crippen molar-refractivity contribution in [1.29, 1.82) is 0 Å². The molecular formula is C27H28F3N3O2. The molecule has 8 heteroatoms. The Kier molecular flexibility index (Phi) is 5.89. The maximum atomic E-state index is 15.9. The maximum Gasteiger partial charge on any atom is 0.157 e. The summed E-state index contributed by atoms with van der Waals surface area (Å²) >= 11 is 0. The molecule has 0 unspecified atom stereocenters. The molecule has 0 bridgehead atoms. The number of nitrogens with zero attached hydrogens (tertiary/aromatic N) is 1. The van der Waals surface area contributed by atoms with Crippen molar-refractivity contribution < 1.29 is 22.6 Å². The lowest BCUT2D eigenvalue weighted by Crippen LogP contribution is -2.53. The number of rotatable bonds is 5. The second kappa shape index (κ2) is 8.77. The number of benzene rings is 3. The predicted octanol–water partition coefficient (Wildman–Crippen LogP) is 6.36. The zero-order valence-electron chi connectivity index (χ0n) is 20.2. The molecular weight excluding hydrogens is 455 g/mol. The smallest absolute Gasteiger partial charge is 0.157 e. The van der Waals surface area contributed by atoms with Gasteiger partial charge in [-0.2, -0.15) is 0 Å². The maximum absolute atomic E-state index is 15.9. The van der Waals surface area contributed by atoms with Gasteiger partial charge < -0.3 is 24.3 Å². The Morgan fingerprint density at radius 3 is 2.00 bits per heavy atom. The van der Waals surface area contributed by atoms with Gasteiger partial charge in [0.15, 0.2) is 11.6 Å². The van der Waals surface area contributed by atoms with Gasteiger partial charge in [-0.25, -0.2) is 13.2 Å². The normalized spacial score (nSPS) is 15.1. The number of hydrogen-bond acceptors (Lipinski definition) is 3. The molecule has 0 saturated carbocycles. The molecule has 35 heavy (non-hydrogen) atoms. The summed E-state index contributed by atoms with van der Waals surface area (Å²) in [5.41, 5.74) is 1.61. The van der Waals surface area contributed by atoms with Crippen LogP contribution in [0.15, 0.2) is 36.4 Å². The Bertz CT molecular complexity index is 1540. The monoisotopic (exact) mass is 483 g/mol. The van der Waals surface area contributed by atoms with E-state index in [2.05, 4.69) is 14.9 Å². The van der Waals surface area contributed by atoms with Crippen molar-refractivity contribution in [2.75, 3.05) is 40.5 Å². The van der Waals surface area contributed by atoms with E-state index in [-0.39, 0.29) is 16.3 Å². The van der Waals surface area contributed by atoms with Gasteiger partial charge in [0.2, 0.25) is 0 Å². The zero-order chi connectivity index (χ0) is 24.9. The van der Waals surface area contributed by atoms with Gasteiger partial charge in [0.25, 0.3) is 0 Å². The second-order valence-corrected chi connectivity index (χ2v) is 9.29. The predicted molar refractivity (Wildman–Crippen MR) is 134 cm³/mol. The van der Waals surface area contributed by atoms with Crippen LogP contribution in [0.1, 0.15) is 13.8 Å². The number of aromatic nitrogens is 2. The third kappa shape index (κ3) is 3.81. The summed E-state index contributed by atoms with van der Waals surface area (Å²) in [4.78, 5) is 8.36. The highest BCUT2D eigenvalue weighted by atomic mass is 19.1. The summed E-state index contributed by atoms with van der Waals surface area (Å²) < 4.78 is 56.0. The molecule has 0 radical (unpaired) electrons. The summed E-state index contributed by atoms with van der Waals surface area (Å²) in [6, 6.07) is 8.48. The highest BCUT2D eigenvalue weighted by Gasteiger charge is 2.40. The van der Waals surface area contributed by atoms with Gasteiger partial charge in [0.05, 0.1) is 41.7 Å². The van der Waals surface area contributed by atoms with Crippen molar-refractivity contribution in [3.05, 3.63) is 53.8 Å². The minimum atomic E-state index is -0.532. The van der Waals surface area contributed by atoms with E-state index in [1.165, 1.54) is 24.3 Å². The molecule has 0 atom stereocenters. The van der Waals surface area contributed by atoms with Crippen molar-refractivity contribution in [1.82, 2.24) is 14.9 Å². The molecule has 0 amide bonds. The first-order valence-corrected chi connectivity index (χ1v) is 11.7. The van der Waals surface area contributed by atoms with Crippen LogP contribution in [0.2, 0.25) is 0 Å². The van der Waals surface area contributed by atoms with Crippen LogP contribution in [-0.2, 0) is 4.74 Å². The first-order chi connectivity index (χ1) is 16.8. The Labute approximate surface area is 200 Å². The lowest BCUT2D eigenvalue weighted by atomic mass is 9.86. The number of nitrogens with one attached hydrogen (secondary N) is 2. The van der Waals surface area contributed by atoms with Gasteiger partial charge in [-0.15, -0.1) is 0 Å². The number of halogens is 3. The summed E-state index contributed by atoms with van der Waals surface area (Å²) in [5, 5.41) is 1.65. The third-order valence-corrected chi connectivity index (χ3v) is 6.41. The number of fused-ring (bicyclic) bond motifs is 6. The van der Waals surface area contributed by atoms with Crippen molar-refractivity contribution in [3.63, 3.8) is 0 Å². The molecule has 1 aliphatic heterocycles. The number of ether oxygens (including phenoxy) is 2. The van der Waals surface area contributed by atoms with Crippen LogP contribution in [0.4, 0.5) is 13.2 Å². The first-order valence-electron chi connectivity index (χ1n) is 11.7. The lowest BCUT2D eigenvalue weighted by molar-refractivity contribution is -0.139. The molecule has 5 nitrogen and oxygen atoms in total. The van der Waals surface area contributed by atoms with E-state index in [1.807, 2.05) is 27.9 Å². The average Bonchev–Trinajstić information content (AvgIpc) is 3.37. The molecule has 3 aromatic carbocycles. The van der Waals surface area contributed by atoms with E-state index in [0.717, 1.165) is 6.54 Å². The van der Waals surface area contributed by atoms with Crippen molar-refractivity contribution in [2.45, 2.75) is 13.8 Å². The average molecular weight is 484 g/mol. The molecule has 1 fully saturated rings. The zero-order valence-corrected chi connectivity index (χ0v) is 20.2. The Hall–Kier alpha value is -3.23. The van der Waals surface area contributed by atoms with Crippen LogP contribution in [-0.4, -0.2) is 55.3 Å². The van der Waals surface area contributed by atoms with Crippen molar-refractivity contribution in [3.8, 4) is 5.75 Å². The topological polar surface area (TPSA) is 53.3 Å². The third-order valence-electron chi connectivity index (χ3n) is 6.41. The molecule has 0 aliphatic carbocycles. The largest absolute Gasteiger partial charge is 0.490 e. The van der Waals surface area contributed by atoms with Gasteiger partial charge in [-0.3, -0.25) is 0 Å². The molecule has 2 N–H and O–H groups in total. The fourth-order valence-electron chi connectivity index (χ4n) is 5.03. The fourth-order valence-corrected chi connectivity index (χ4v) is 5.03. The van der Waals surface area contributed by atoms with Crippen LogP contribution < -0.4 is 4.74 Å².